The summed E-state index contributed by atoms with van der Waals surface area (Å²) in [6.07, 6.45) is 1.54. The molecule has 0 radical (unpaired) electrons. The van der Waals surface area contributed by atoms with Crippen molar-refractivity contribution >= 4 is 29.3 Å². The quantitative estimate of drug-likeness (QED) is 0.670. The van der Waals surface area contributed by atoms with Gasteiger partial charge in [-0.2, -0.15) is 5.26 Å². The van der Waals surface area contributed by atoms with Crippen molar-refractivity contribution in [2.24, 2.45) is 0 Å². The Bertz CT molecular complexity index is 771. The summed E-state index contributed by atoms with van der Waals surface area (Å²) in [6.45, 7) is 3.86. The lowest BCUT2D eigenvalue weighted by atomic mass is 10.1. The van der Waals surface area contributed by atoms with Gasteiger partial charge in [-0.3, -0.25) is 4.79 Å². The summed E-state index contributed by atoms with van der Waals surface area (Å²) in [5, 5.41) is 12.6. The fourth-order valence-electron chi connectivity index (χ4n) is 1.93. The molecule has 0 saturated carbocycles. The molecule has 0 fully saturated rings. The smallest absolute Gasteiger partial charge is 0.266 e. The SMILES string of the molecule is Cc1ccc(C)c(NC(=O)/C(C#N)=C/c2ccc(Cl)cc2)c1. The fraction of sp³-hybridized carbons (Fsp3) is 0.111. The zero-order valence-electron chi connectivity index (χ0n) is 12.4. The summed E-state index contributed by atoms with van der Waals surface area (Å²) in [6, 6.07) is 14.7. The van der Waals surface area contributed by atoms with Crippen molar-refractivity contribution in [3.8, 4) is 6.07 Å². The predicted octanol–water partition coefficient (Wildman–Crippen LogP) is 4.50. The van der Waals surface area contributed by atoms with Crippen LogP contribution in [0.15, 0.2) is 48.0 Å². The van der Waals surface area contributed by atoms with Crippen LogP contribution in [0.1, 0.15) is 16.7 Å². The second kappa shape index (κ2) is 6.93. The normalized spacial score (nSPS) is 10.9. The van der Waals surface area contributed by atoms with E-state index in [9.17, 15) is 10.1 Å². The molecule has 0 unspecified atom stereocenters. The Kier molecular flexibility index (Phi) is 4.98. The number of halogens is 1. The van der Waals surface area contributed by atoms with Crippen molar-refractivity contribution in [2.75, 3.05) is 5.32 Å². The van der Waals surface area contributed by atoms with Crippen LogP contribution in [0.4, 0.5) is 5.69 Å². The Morgan fingerprint density at radius 1 is 1.18 bits per heavy atom. The lowest BCUT2D eigenvalue weighted by molar-refractivity contribution is -0.112. The van der Waals surface area contributed by atoms with Crippen LogP contribution in [0.3, 0.4) is 0 Å². The number of hydrogen-bond donors (Lipinski definition) is 1. The summed E-state index contributed by atoms with van der Waals surface area (Å²) in [4.78, 5) is 12.3. The highest BCUT2D eigenvalue weighted by molar-refractivity contribution is 6.30. The number of amides is 1. The number of nitrogens with one attached hydrogen (secondary N) is 1. The first kappa shape index (κ1) is 15.8. The molecule has 1 N–H and O–H groups in total. The maximum Gasteiger partial charge on any atom is 0.266 e. The molecule has 0 bridgehead atoms. The van der Waals surface area contributed by atoms with E-state index in [1.807, 2.05) is 38.1 Å². The topological polar surface area (TPSA) is 52.9 Å². The molecule has 110 valence electrons. The van der Waals surface area contributed by atoms with Crippen molar-refractivity contribution in [1.82, 2.24) is 0 Å². The van der Waals surface area contributed by atoms with Gasteiger partial charge in [-0.25, -0.2) is 0 Å². The molecular weight excluding hydrogens is 296 g/mol. The van der Waals surface area contributed by atoms with Gasteiger partial charge in [-0.05, 0) is 54.8 Å². The molecule has 0 aliphatic rings. The van der Waals surface area contributed by atoms with E-state index in [1.165, 1.54) is 6.08 Å². The molecule has 0 saturated heterocycles. The lowest BCUT2D eigenvalue weighted by Gasteiger charge is -2.08. The van der Waals surface area contributed by atoms with Crippen LogP contribution >= 0.6 is 11.6 Å². The molecule has 4 heteroatoms. The minimum atomic E-state index is -0.425. The number of hydrogen-bond acceptors (Lipinski definition) is 2. The highest BCUT2D eigenvalue weighted by Gasteiger charge is 2.11. The lowest BCUT2D eigenvalue weighted by Crippen LogP contribution is -2.14. The molecule has 22 heavy (non-hydrogen) atoms. The van der Waals surface area contributed by atoms with Gasteiger partial charge in [0.25, 0.3) is 5.91 Å². The number of rotatable bonds is 3. The van der Waals surface area contributed by atoms with Crippen molar-refractivity contribution in [3.05, 3.63) is 69.8 Å². The summed E-state index contributed by atoms with van der Waals surface area (Å²) in [5.74, 6) is -0.425. The third kappa shape index (κ3) is 3.97. The number of nitrogens with zero attached hydrogens (tertiary/aromatic N) is 1. The number of nitriles is 1. The Morgan fingerprint density at radius 2 is 1.86 bits per heavy atom. The summed E-state index contributed by atoms with van der Waals surface area (Å²) in [5.41, 5.74) is 3.49. The summed E-state index contributed by atoms with van der Waals surface area (Å²) >= 11 is 5.82. The zero-order chi connectivity index (χ0) is 16.1. The molecule has 0 aliphatic heterocycles. The first-order chi connectivity index (χ1) is 10.5. The second-order valence-electron chi connectivity index (χ2n) is 4.99. The molecule has 2 aromatic rings. The molecule has 0 heterocycles. The third-order valence-corrected chi connectivity index (χ3v) is 3.44. The second-order valence-corrected chi connectivity index (χ2v) is 5.43. The van der Waals surface area contributed by atoms with Crippen LogP contribution in [0.5, 0.6) is 0 Å². The number of benzene rings is 2. The molecular formula is C18H15ClN2O. The standard InChI is InChI=1S/C18H15ClN2O/c1-12-3-4-13(2)17(9-12)21-18(22)15(11-20)10-14-5-7-16(19)8-6-14/h3-10H,1-2H3,(H,21,22)/b15-10+. The largest absolute Gasteiger partial charge is 0.321 e. The van der Waals surface area contributed by atoms with Crippen LogP contribution in [-0.4, -0.2) is 5.91 Å². The Hall–Kier alpha value is -2.57. The van der Waals surface area contributed by atoms with Gasteiger partial charge in [0.15, 0.2) is 0 Å². The number of aryl methyl sites for hydroxylation is 2. The molecule has 0 atom stereocenters. The monoisotopic (exact) mass is 310 g/mol. The van der Waals surface area contributed by atoms with Crippen molar-refractivity contribution in [2.45, 2.75) is 13.8 Å². The van der Waals surface area contributed by atoms with E-state index in [-0.39, 0.29) is 5.57 Å². The molecule has 1 amide bonds. The molecule has 2 rings (SSSR count). The summed E-state index contributed by atoms with van der Waals surface area (Å²) < 4.78 is 0. The van der Waals surface area contributed by atoms with E-state index in [2.05, 4.69) is 5.32 Å². The fourth-order valence-corrected chi connectivity index (χ4v) is 2.06. The first-order valence-corrected chi connectivity index (χ1v) is 7.13. The maximum atomic E-state index is 12.3. The van der Waals surface area contributed by atoms with Crippen LogP contribution < -0.4 is 5.32 Å². The molecule has 2 aromatic carbocycles. The minimum absolute atomic E-state index is 0.0447. The Balaban J connectivity index is 2.24. The van der Waals surface area contributed by atoms with E-state index in [0.29, 0.717) is 10.7 Å². The van der Waals surface area contributed by atoms with Crippen LogP contribution in [0.2, 0.25) is 5.02 Å². The third-order valence-electron chi connectivity index (χ3n) is 3.19. The van der Waals surface area contributed by atoms with Gasteiger partial charge in [-0.1, -0.05) is 35.9 Å². The van der Waals surface area contributed by atoms with Crippen molar-refractivity contribution < 1.29 is 4.79 Å². The van der Waals surface area contributed by atoms with E-state index < -0.39 is 5.91 Å². The molecule has 0 aromatic heterocycles. The van der Waals surface area contributed by atoms with Gasteiger partial charge in [0.05, 0.1) is 0 Å². The van der Waals surface area contributed by atoms with Crippen LogP contribution in [0.25, 0.3) is 6.08 Å². The Labute approximate surface area is 134 Å². The average molecular weight is 311 g/mol. The maximum absolute atomic E-state index is 12.3. The van der Waals surface area contributed by atoms with Crippen molar-refractivity contribution in [1.29, 1.82) is 5.26 Å². The van der Waals surface area contributed by atoms with Crippen LogP contribution in [0, 0.1) is 25.2 Å². The highest BCUT2D eigenvalue weighted by atomic mass is 35.5. The van der Waals surface area contributed by atoms with Gasteiger partial charge in [0.1, 0.15) is 11.6 Å². The molecule has 0 aliphatic carbocycles. The van der Waals surface area contributed by atoms with Crippen LogP contribution in [-0.2, 0) is 4.79 Å². The van der Waals surface area contributed by atoms with Gasteiger partial charge in [0, 0.05) is 10.7 Å². The predicted molar refractivity (Wildman–Crippen MR) is 89.6 cm³/mol. The highest BCUT2D eigenvalue weighted by Crippen LogP contribution is 2.18. The molecule has 0 spiro atoms. The van der Waals surface area contributed by atoms with E-state index in [0.717, 1.165) is 16.7 Å². The number of anilines is 1. The van der Waals surface area contributed by atoms with Crippen molar-refractivity contribution in [3.63, 3.8) is 0 Å². The van der Waals surface area contributed by atoms with Gasteiger partial charge >= 0.3 is 0 Å². The van der Waals surface area contributed by atoms with E-state index in [4.69, 9.17) is 11.6 Å². The number of carbonyl (C=O) groups is 1. The van der Waals surface area contributed by atoms with Gasteiger partial charge in [0.2, 0.25) is 0 Å². The van der Waals surface area contributed by atoms with Gasteiger partial charge < -0.3 is 5.32 Å². The Morgan fingerprint density at radius 3 is 2.50 bits per heavy atom. The average Bonchev–Trinajstić information content (AvgIpc) is 2.50. The molecule has 3 nitrogen and oxygen atoms in total. The first-order valence-electron chi connectivity index (χ1n) is 6.75. The summed E-state index contributed by atoms with van der Waals surface area (Å²) in [7, 11) is 0. The van der Waals surface area contributed by atoms with E-state index in [1.54, 1.807) is 24.3 Å². The van der Waals surface area contributed by atoms with E-state index >= 15 is 0 Å². The minimum Gasteiger partial charge on any atom is -0.321 e. The van der Waals surface area contributed by atoms with Gasteiger partial charge in [-0.15, -0.1) is 0 Å². The zero-order valence-corrected chi connectivity index (χ0v) is 13.1. The number of carbonyl (C=O) groups excluding carboxylic acids is 1.